The monoisotopic (exact) mass is 521 g/mol. The van der Waals surface area contributed by atoms with E-state index in [0.717, 1.165) is 29.3 Å². The van der Waals surface area contributed by atoms with Gasteiger partial charge in [0.1, 0.15) is 6.04 Å². The van der Waals surface area contributed by atoms with Crippen LogP contribution in [0.4, 0.5) is 0 Å². The lowest BCUT2D eigenvalue weighted by atomic mass is 10.00. The molecular weight excluding hydrogens is 470 g/mol. The van der Waals surface area contributed by atoms with Gasteiger partial charge in [0.15, 0.2) is 0 Å². The number of fused-ring (bicyclic) bond motifs is 1. The highest BCUT2D eigenvalue weighted by atomic mass is 16.4. The van der Waals surface area contributed by atoms with E-state index in [1.54, 1.807) is 0 Å². The van der Waals surface area contributed by atoms with Crippen molar-refractivity contribution in [1.82, 2.24) is 4.98 Å². The Morgan fingerprint density at radius 2 is 1.43 bits per heavy atom. The van der Waals surface area contributed by atoms with Crippen molar-refractivity contribution in [2.75, 3.05) is 6.61 Å². The molecule has 212 valence electrons. The summed E-state index contributed by atoms with van der Waals surface area (Å²) in [5.41, 5.74) is 12.9. The average Bonchev–Trinajstić information content (AvgIpc) is 3.31. The largest absolute Gasteiger partial charge is 0.480 e. The van der Waals surface area contributed by atoms with Gasteiger partial charge >= 0.3 is 5.97 Å². The topological polar surface area (TPSA) is 166 Å². The third-order valence-corrected chi connectivity index (χ3v) is 6.83. The van der Waals surface area contributed by atoms with Crippen molar-refractivity contribution in [1.29, 1.82) is 0 Å². The maximum atomic E-state index is 10.6. The number of para-hydroxylation sites is 1. The molecule has 1 heterocycles. The summed E-state index contributed by atoms with van der Waals surface area (Å²) in [6, 6.07) is 6.17. The zero-order valence-corrected chi connectivity index (χ0v) is 22.7. The molecule has 4 atom stereocenters. The fourth-order valence-electron chi connectivity index (χ4n) is 4.38. The minimum Gasteiger partial charge on any atom is -0.480 e. The number of hydrogen-bond donors (Lipinski definition) is 7. The number of aliphatic hydroxyl groups is 3. The van der Waals surface area contributed by atoms with Crippen molar-refractivity contribution < 1.29 is 25.2 Å². The Labute approximate surface area is 222 Å². The van der Waals surface area contributed by atoms with Crippen LogP contribution in [0.25, 0.3) is 10.9 Å². The summed E-state index contributed by atoms with van der Waals surface area (Å²) >= 11 is 0. The van der Waals surface area contributed by atoms with Crippen LogP contribution in [0, 0.1) is 0 Å². The molecule has 0 aliphatic carbocycles. The van der Waals surface area contributed by atoms with Crippen LogP contribution >= 0.6 is 0 Å². The molecule has 0 saturated carbocycles. The van der Waals surface area contributed by atoms with Crippen molar-refractivity contribution in [3.8, 4) is 0 Å². The number of carbonyl (C=O) groups is 1. The number of unbranched alkanes of at least 4 members (excludes halogenated alkanes) is 11. The second-order valence-electron chi connectivity index (χ2n) is 10.1. The number of aliphatic hydroxyl groups excluding tert-OH is 3. The van der Waals surface area contributed by atoms with Gasteiger partial charge in [0.2, 0.25) is 0 Å². The van der Waals surface area contributed by atoms with Crippen LogP contribution in [0.3, 0.4) is 0 Å². The zero-order valence-electron chi connectivity index (χ0n) is 22.7. The van der Waals surface area contributed by atoms with Crippen molar-refractivity contribution >= 4 is 16.9 Å². The molecule has 0 fully saturated rings. The Hall–Kier alpha value is -1.97. The lowest BCUT2D eigenvalue weighted by molar-refractivity contribution is -0.138. The number of rotatable bonds is 19. The second-order valence-corrected chi connectivity index (χ2v) is 10.1. The summed E-state index contributed by atoms with van der Waals surface area (Å²) in [6.45, 7) is 1.96. The van der Waals surface area contributed by atoms with Crippen molar-refractivity contribution in [2.45, 2.75) is 121 Å². The van der Waals surface area contributed by atoms with Gasteiger partial charge in [0.25, 0.3) is 0 Å². The van der Waals surface area contributed by atoms with E-state index in [4.69, 9.17) is 21.7 Å². The lowest BCUT2D eigenvalue weighted by Crippen LogP contribution is -2.45. The van der Waals surface area contributed by atoms with Crippen LogP contribution in [-0.2, 0) is 11.2 Å². The SMILES string of the molecule is CCCCCCCCCCCCCCC(O)C(O)C(N)CO.NC(Cc1c[nH]c2ccccc12)C(=O)O. The Morgan fingerprint density at radius 3 is 1.97 bits per heavy atom. The van der Waals surface area contributed by atoms with Gasteiger partial charge < -0.3 is 36.9 Å². The first-order chi connectivity index (χ1) is 17.8. The predicted octanol–water partition coefficient (Wildman–Crippen LogP) is 4.24. The Bertz CT molecular complexity index is 844. The average molecular weight is 522 g/mol. The van der Waals surface area contributed by atoms with Crippen LogP contribution in [0.1, 0.15) is 96.0 Å². The molecular formula is C29H51N3O5. The molecule has 9 N–H and O–H groups in total. The van der Waals surface area contributed by atoms with Crippen LogP contribution in [0.2, 0.25) is 0 Å². The number of benzene rings is 1. The molecule has 0 radical (unpaired) electrons. The number of hydrogen-bond acceptors (Lipinski definition) is 6. The number of aliphatic carboxylic acids is 1. The molecule has 1 aromatic carbocycles. The number of H-pyrrole nitrogens is 1. The minimum absolute atomic E-state index is 0.295. The molecule has 0 saturated heterocycles. The van der Waals surface area contributed by atoms with E-state index in [2.05, 4.69) is 11.9 Å². The molecule has 0 aliphatic rings. The normalized spacial score (nSPS) is 14.5. The molecule has 2 rings (SSSR count). The van der Waals surface area contributed by atoms with Gasteiger partial charge in [-0.25, -0.2) is 0 Å². The second kappa shape index (κ2) is 20.1. The third kappa shape index (κ3) is 13.9. The molecule has 0 bridgehead atoms. The Kier molecular flexibility index (Phi) is 17.9. The third-order valence-electron chi connectivity index (χ3n) is 6.83. The van der Waals surface area contributed by atoms with E-state index >= 15 is 0 Å². The van der Waals surface area contributed by atoms with Gasteiger partial charge in [0, 0.05) is 23.5 Å². The van der Waals surface area contributed by atoms with E-state index in [1.165, 1.54) is 64.2 Å². The van der Waals surface area contributed by atoms with E-state index in [0.29, 0.717) is 12.8 Å². The predicted molar refractivity (Wildman–Crippen MR) is 150 cm³/mol. The Morgan fingerprint density at radius 1 is 0.892 bits per heavy atom. The molecule has 0 spiro atoms. The highest BCUT2D eigenvalue weighted by Gasteiger charge is 2.22. The molecule has 37 heavy (non-hydrogen) atoms. The number of carboxylic acids is 1. The van der Waals surface area contributed by atoms with Gasteiger partial charge in [-0.2, -0.15) is 0 Å². The van der Waals surface area contributed by atoms with Crippen molar-refractivity contribution in [2.24, 2.45) is 11.5 Å². The maximum Gasteiger partial charge on any atom is 0.320 e. The van der Waals surface area contributed by atoms with Gasteiger partial charge in [-0.15, -0.1) is 0 Å². The number of nitrogens with one attached hydrogen (secondary N) is 1. The standard InChI is InChI=1S/C18H39NO3.C11H12N2O2/c1-2-3-4-5-6-7-8-9-10-11-12-13-14-17(21)18(22)16(19)15-20;12-9(11(14)15)5-7-6-13-10-4-2-1-3-8(7)10/h16-18,20-22H,2-15,19H2,1H3;1-4,6,9,13H,5,12H2,(H,14,15). The minimum atomic E-state index is -1.02. The summed E-state index contributed by atoms with van der Waals surface area (Å²) in [5.74, 6) is -0.972. The van der Waals surface area contributed by atoms with Crippen LogP contribution in [0.5, 0.6) is 0 Å². The van der Waals surface area contributed by atoms with Crippen LogP contribution in [0.15, 0.2) is 30.5 Å². The molecule has 8 heteroatoms. The number of nitrogens with two attached hydrogens (primary N) is 2. The Balaban J connectivity index is 0.000000394. The molecule has 1 aromatic heterocycles. The smallest absolute Gasteiger partial charge is 0.320 e. The summed E-state index contributed by atoms with van der Waals surface area (Å²) in [7, 11) is 0. The first-order valence-corrected chi connectivity index (χ1v) is 14.1. The summed E-state index contributed by atoms with van der Waals surface area (Å²) in [4.78, 5) is 13.7. The summed E-state index contributed by atoms with van der Waals surface area (Å²) in [6.07, 6.45) is 16.3. The van der Waals surface area contributed by atoms with Gasteiger partial charge in [-0.1, -0.05) is 102 Å². The maximum absolute atomic E-state index is 10.6. The first kappa shape index (κ1) is 33.1. The van der Waals surface area contributed by atoms with Crippen LogP contribution < -0.4 is 11.5 Å². The highest BCUT2D eigenvalue weighted by Crippen LogP contribution is 2.18. The number of aromatic nitrogens is 1. The van der Waals surface area contributed by atoms with E-state index in [-0.39, 0.29) is 6.61 Å². The number of aromatic amines is 1. The number of carboxylic acid groups (broad SMARTS) is 1. The van der Waals surface area contributed by atoms with Crippen molar-refractivity contribution in [3.63, 3.8) is 0 Å². The highest BCUT2D eigenvalue weighted by molar-refractivity contribution is 5.84. The lowest BCUT2D eigenvalue weighted by Gasteiger charge is -2.22. The molecule has 2 aromatic rings. The molecule has 8 nitrogen and oxygen atoms in total. The van der Waals surface area contributed by atoms with Gasteiger partial charge in [-0.05, 0) is 18.1 Å². The van der Waals surface area contributed by atoms with Gasteiger partial charge in [-0.3, -0.25) is 4.79 Å². The fourth-order valence-corrected chi connectivity index (χ4v) is 4.38. The van der Waals surface area contributed by atoms with Crippen LogP contribution in [-0.4, -0.2) is 62.3 Å². The summed E-state index contributed by atoms with van der Waals surface area (Å²) in [5, 5.41) is 38.0. The molecule has 4 unspecified atom stereocenters. The first-order valence-electron chi connectivity index (χ1n) is 14.1. The van der Waals surface area contributed by atoms with Gasteiger partial charge in [0.05, 0.1) is 24.9 Å². The fraction of sp³-hybridized carbons (Fsp3) is 0.690. The van der Waals surface area contributed by atoms with Crippen molar-refractivity contribution in [3.05, 3.63) is 36.0 Å². The van der Waals surface area contributed by atoms with E-state index in [9.17, 15) is 15.0 Å². The quantitative estimate of drug-likeness (QED) is 0.136. The van der Waals surface area contributed by atoms with E-state index < -0.39 is 30.3 Å². The molecule has 0 amide bonds. The zero-order chi connectivity index (χ0) is 27.5. The summed E-state index contributed by atoms with van der Waals surface area (Å²) < 4.78 is 0. The molecule has 0 aliphatic heterocycles. The van der Waals surface area contributed by atoms with E-state index in [1.807, 2.05) is 30.5 Å².